The van der Waals surface area contributed by atoms with Crippen molar-refractivity contribution in [3.63, 3.8) is 0 Å². The van der Waals surface area contributed by atoms with E-state index in [1.165, 1.54) is 24.5 Å². The molecule has 3 rings (SSSR count). The number of carbonyl (C=O) groups is 2. The smallest absolute Gasteiger partial charge is 0.338 e. The lowest BCUT2D eigenvalue weighted by atomic mass is 10.1. The molecule has 0 atom stereocenters. The molecule has 8 heteroatoms. The van der Waals surface area contributed by atoms with Crippen molar-refractivity contribution in [2.45, 2.75) is 6.92 Å². The van der Waals surface area contributed by atoms with Crippen LogP contribution in [0, 0.1) is 6.92 Å². The summed E-state index contributed by atoms with van der Waals surface area (Å²) in [7, 11) is 1.32. The van der Waals surface area contributed by atoms with Gasteiger partial charge in [0.05, 0.1) is 18.4 Å². The second kappa shape index (κ2) is 7.08. The summed E-state index contributed by atoms with van der Waals surface area (Å²) in [6.45, 7) is 1.74. The fourth-order valence-corrected chi connectivity index (χ4v) is 3.36. The third-order valence-corrected chi connectivity index (χ3v) is 4.68. The van der Waals surface area contributed by atoms with E-state index in [-0.39, 0.29) is 5.91 Å². The molecule has 0 bridgehead atoms. The van der Waals surface area contributed by atoms with E-state index in [0.29, 0.717) is 27.7 Å². The van der Waals surface area contributed by atoms with Crippen LogP contribution in [-0.2, 0) is 9.53 Å². The molecule has 0 unspecified atom stereocenters. The molecule has 1 amide bonds. The van der Waals surface area contributed by atoms with Crippen molar-refractivity contribution >= 4 is 51.5 Å². The lowest BCUT2D eigenvalue weighted by molar-refractivity contribution is -0.111. The predicted octanol–water partition coefficient (Wildman–Crippen LogP) is 3.80. The van der Waals surface area contributed by atoms with Gasteiger partial charge in [0.1, 0.15) is 0 Å². The van der Waals surface area contributed by atoms with Gasteiger partial charge in [-0.1, -0.05) is 17.7 Å². The van der Waals surface area contributed by atoms with Crippen molar-refractivity contribution in [3.8, 4) is 0 Å². The van der Waals surface area contributed by atoms with Gasteiger partial charge in [0.2, 0.25) is 5.91 Å². The Bertz CT molecular complexity index is 990. The van der Waals surface area contributed by atoms with Crippen molar-refractivity contribution in [2.24, 2.45) is 0 Å². The summed E-state index contributed by atoms with van der Waals surface area (Å²) in [5.74, 6) is -0.790. The first-order valence-corrected chi connectivity index (χ1v) is 8.55. The molecule has 0 aliphatic rings. The normalized spacial score (nSPS) is 11.2. The van der Waals surface area contributed by atoms with Crippen LogP contribution in [0.4, 0.5) is 5.69 Å². The van der Waals surface area contributed by atoms with Gasteiger partial charge >= 0.3 is 5.97 Å². The summed E-state index contributed by atoms with van der Waals surface area (Å²) in [5.41, 5.74) is 2.22. The molecule has 0 spiro atoms. The van der Waals surface area contributed by atoms with E-state index in [9.17, 15) is 9.59 Å². The first-order valence-electron chi connectivity index (χ1n) is 7.29. The van der Waals surface area contributed by atoms with Crippen molar-refractivity contribution in [3.05, 3.63) is 57.8 Å². The number of methoxy groups -OCH3 is 1. The molecule has 3 aromatic rings. The number of amides is 1. The maximum Gasteiger partial charge on any atom is 0.338 e. The second-order valence-corrected chi connectivity index (χ2v) is 6.37. The number of nitrogens with zero attached hydrogens (tertiary/aromatic N) is 2. The van der Waals surface area contributed by atoms with Gasteiger partial charge in [-0.3, -0.25) is 9.20 Å². The van der Waals surface area contributed by atoms with Crippen LogP contribution in [0.15, 0.2) is 35.9 Å². The van der Waals surface area contributed by atoms with Gasteiger partial charge in [-0.15, -0.1) is 11.3 Å². The number of halogens is 1. The number of imidazole rings is 1. The van der Waals surface area contributed by atoms with E-state index in [2.05, 4.69) is 10.3 Å². The predicted molar refractivity (Wildman–Crippen MR) is 98.3 cm³/mol. The quantitative estimate of drug-likeness (QED) is 0.556. The highest BCUT2D eigenvalue weighted by molar-refractivity contribution is 7.15. The second-order valence-electron chi connectivity index (χ2n) is 5.14. The number of esters is 1. The minimum absolute atomic E-state index is 0.333. The van der Waals surface area contributed by atoms with Gasteiger partial charge in [0.15, 0.2) is 10.1 Å². The van der Waals surface area contributed by atoms with Gasteiger partial charge in [0, 0.05) is 23.3 Å². The summed E-state index contributed by atoms with van der Waals surface area (Å²) >= 11 is 7.55. The molecule has 0 aliphatic carbocycles. The van der Waals surface area contributed by atoms with Gasteiger partial charge in [-0.2, -0.15) is 0 Å². The third kappa shape index (κ3) is 3.42. The molecule has 0 saturated heterocycles. The third-order valence-electron chi connectivity index (χ3n) is 3.64. The first-order chi connectivity index (χ1) is 12.0. The van der Waals surface area contributed by atoms with E-state index in [1.54, 1.807) is 35.6 Å². The highest BCUT2D eigenvalue weighted by atomic mass is 35.5. The molecule has 2 heterocycles. The van der Waals surface area contributed by atoms with Gasteiger partial charge in [-0.05, 0) is 30.7 Å². The molecule has 128 valence electrons. The lowest BCUT2D eigenvalue weighted by Crippen LogP contribution is -2.11. The Morgan fingerprint density at radius 1 is 1.40 bits per heavy atom. The minimum atomic E-state index is -0.449. The zero-order chi connectivity index (χ0) is 18.0. The monoisotopic (exact) mass is 375 g/mol. The van der Waals surface area contributed by atoms with Crippen LogP contribution >= 0.6 is 22.9 Å². The fraction of sp³-hybridized carbons (Fsp3) is 0.118. The van der Waals surface area contributed by atoms with Crippen LogP contribution in [0.3, 0.4) is 0 Å². The molecule has 0 aliphatic heterocycles. The Labute approximate surface area is 152 Å². The summed E-state index contributed by atoms with van der Waals surface area (Å²) in [4.78, 5) is 28.9. The van der Waals surface area contributed by atoms with E-state index < -0.39 is 5.97 Å². The molecular weight excluding hydrogens is 362 g/mol. The van der Waals surface area contributed by atoms with Crippen molar-refractivity contribution in [1.82, 2.24) is 9.38 Å². The number of carbonyl (C=O) groups excluding carboxylic acids is 2. The lowest BCUT2D eigenvalue weighted by Gasteiger charge is -2.10. The molecule has 6 nitrogen and oxygen atoms in total. The SMILES string of the molecule is COC(=O)c1cccc(NC(=O)/C=C/c2c(Cl)nc3sccn23)c1C. The molecule has 0 fully saturated rings. The molecule has 25 heavy (non-hydrogen) atoms. The number of fused-ring (bicyclic) bond motifs is 1. The average molecular weight is 376 g/mol. The molecule has 1 N–H and O–H groups in total. The number of anilines is 1. The van der Waals surface area contributed by atoms with E-state index >= 15 is 0 Å². The number of hydrogen-bond acceptors (Lipinski definition) is 5. The highest BCUT2D eigenvalue weighted by Gasteiger charge is 2.13. The Balaban J connectivity index is 1.80. The average Bonchev–Trinajstić information content (AvgIpc) is 3.15. The number of hydrogen-bond donors (Lipinski definition) is 1. The Morgan fingerprint density at radius 3 is 2.96 bits per heavy atom. The van der Waals surface area contributed by atoms with Crippen LogP contribution in [0.5, 0.6) is 0 Å². The number of benzene rings is 1. The standard InChI is InChI=1S/C17H14ClN3O3S/c1-10-11(16(23)24-2)4-3-5-12(10)19-14(22)7-6-13-15(18)20-17-21(13)8-9-25-17/h3-9H,1-2H3,(H,19,22)/b7-6+. The minimum Gasteiger partial charge on any atom is -0.465 e. The zero-order valence-corrected chi connectivity index (χ0v) is 15.0. The molecule has 0 saturated carbocycles. The molecule has 2 aromatic heterocycles. The van der Waals surface area contributed by atoms with Crippen LogP contribution in [0.25, 0.3) is 11.0 Å². The van der Waals surface area contributed by atoms with Crippen molar-refractivity contribution < 1.29 is 14.3 Å². The maximum absolute atomic E-state index is 12.2. The van der Waals surface area contributed by atoms with Crippen molar-refractivity contribution in [1.29, 1.82) is 0 Å². The van der Waals surface area contributed by atoms with Crippen LogP contribution < -0.4 is 5.32 Å². The van der Waals surface area contributed by atoms with E-state index in [1.807, 2.05) is 11.6 Å². The number of rotatable bonds is 4. The largest absolute Gasteiger partial charge is 0.465 e. The number of ether oxygens (including phenoxy) is 1. The Hall–Kier alpha value is -2.64. The maximum atomic E-state index is 12.2. The zero-order valence-electron chi connectivity index (χ0n) is 13.4. The van der Waals surface area contributed by atoms with Crippen LogP contribution in [0.2, 0.25) is 5.15 Å². The summed E-state index contributed by atoms with van der Waals surface area (Å²) in [6, 6.07) is 5.05. The van der Waals surface area contributed by atoms with Gasteiger partial charge in [0.25, 0.3) is 0 Å². The van der Waals surface area contributed by atoms with Gasteiger partial charge < -0.3 is 10.1 Å². The molecule has 0 radical (unpaired) electrons. The summed E-state index contributed by atoms with van der Waals surface area (Å²) in [6.07, 6.45) is 4.81. The van der Waals surface area contributed by atoms with Gasteiger partial charge in [-0.25, -0.2) is 9.78 Å². The molecule has 1 aromatic carbocycles. The number of aromatic nitrogens is 2. The molecular formula is C17H14ClN3O3S. The Morgan fingerprint density at radius 2 is 2.20 bits per heavy atom. The van der Waals surface area contributed by atoms with E-state index in [4.69, 9.17) is 16.3 Å². The first kappa shape index (κ1) is 17.2. The Kier molecular flexibility index (Phi) is 4.87. The van der Waals surface area contributed by atoms with Crippen LogP contribution in [0.1, 0.15) is 21.6 Å². The summed E-state index contributed by atoms with van der Waals surface area (Å²) < 4.78 is 6.54. The van der Waals surface area contributed by atoms with Crippen molar-refractivity contribution in [2.75, 3.05) is 12.4 Å². The summed E-state index contributed by atoms with van der Waals surface area (Å²) in [5, 5.41) is 4.97. The van der Waals surface area contributed by atoms with E-state index in [0.717, 1.165) is 4.96 Å². The topological polar surface area (TPSA) is 72.7 Å². The fourth-order valence-electron chi connectivity index (χ4n) is 2.36. The highest BCUT2D eigenvalue weighted by Crippen LogP contribution is 2.23. The number of nitrogens with one attached hydrogen (secondary N) is 1. The van der Waals surface area contributed by atoms with Crippen LogP contribution in [-0.4, -0.2) is 28.4 Å². The number of thiazole rings is 1.